The summed E-state index contributed by atoms with van der Waals surface area (Å²) in [6, 6.07) is 19.8. The van der Waals surface area contributed by atoms with E-state index in [4.69, 9.17) is 21.1 Å². The van der Waals surface area contributed by atoms with Crippen LogP contribution in [-0.2, 0) is 16.2 Å². The number of rotatable bonds is 7. The molecule has 2 amide bonds. The second-order valence-electron chi connectivity index (χ2n) is 6.44. The summed E-state index contributed by atoms with van der Waals surface area (Å²) in [5.41, 5.74) is 4.14. The van der Waals surface area contributed by atoms with Gasteiger partial charge in [0.05, 0.1) is 28.5 Å². The third-order valence-electron chi connectivity index (χ3n) is 4.19. The molecule has 164 valence electrons. The summed E-state index contributed by atoms with van der Waals surface area (Å²) >= 11 is 9.44. The molecule has 0 aliphatic carbocycles. The number of ether oxygens (including phenoxy) is 2. The van der Waals surface area contributed by atoms with Crippen LogP contribution in [0.15, 0.2) is 76.3 Å². The molecule has 9 heteroatoms. The lowest BCUT2D eigenvalue weighted by atomic mass is 10.2. The Morgan fingerprint density at radius 2 is 1.78 bits per heavy atom. The third kappa shape index (κ3) is 6.32. The average Bonchev–Trinajstić information content (AvgIpc) is 2.80. The first-order valence-corrected chi connectivity index (χ1v) is 10.6. The van der Waals surface area contributed by atoms with Gasteiger partial charge in [-0.1, -0.05) is 54.1 Å². The monoisotopic (exact) mass is 515 g/mol. The van der Waals surface area contributed by atoms with Crippen LogP contribution in [0.4, 0.5) is 5.69 Å². The molecule has 7 nitrogen and oxygen atoms in total. The Balaban J connectivity index is 1.62. The number of carbonyl (C=O) groups is 2. The quantitative estimate of drug-likeness (QED) is 0.269. The summed E-state index contributed by atoms with van der Waals surface area (Å²) in [4.78, 5) is 24.0. The van der Waals surface area contributed by atoms with Crippen LogP contribution in [0.3, 0.4) is 0 Å². The second-order valence-corrected chi connectivity index (χ2v) is 7.70. The number of hydrogen-bond acceptors (Lipinski definition) is 5. The van der Waals surface area contributed by atoms with Gasteiger partial charge in [0.1, 0.15) is 6.61 Å². The zero-order chi connectivity index (χ0) is 22.9. The van der Waals surface area contributed by atoms with Crippen molar-refractivity contribution in [2.45, 2.75) is 6.61 Å². The molecule has 0 unspecified atom stereocenters. The molecule has 3 aromatic carbocycles. The van der Waals surface area contributed by atoms with Gasteiger partial charge in [-0.2, -0.15) is 5.10 Å². The molecule has 0 saturated carbocycles. The summed E-state index contributed by atoms with van der Waals surface area (Å²) in [6.45, 7) is 0.375. The Kier molecular flexibility index (Phi) is 8.24. The normalized spacial score (nSPS) is 10.6. The molecule has 0 fully saturated rings. The van der Waals surface area contributed by atoms with E-state index in [9.17, 15) is 9.59 Å². The van der Waals surface area contributed by atoms with Crippen LogP contribution in [0.25, 0.3) is 0 Å². The Hall–Kier alpha value is -3.36. The van der Waals surface area contributed by atoms with Crippen molar-refractivity contribution in [2.75, 3.05) is 12.4 Å². The number of benzene rings is 3. The molecule has 0 spiro atoms. The number of hydrogen-bond donors (Lipinski definition) is 2. The number of nitrogens with zero attached hydrogens (tertiary/aromatic N) is 1. The minimum atomic E-state index is -0.935. The van der Waals surface area contributed by atoms with Crippen LogP contribution in [-0.4, -0.2) is 25.1 Å². The molecular formula is C23H19BrClN3O4. The van der Waals surface area contributed by atoms with E-state index in [1.54, 1.807) is 36.4 Å². The van der Waals surface area contributed by atoms with Crippen molar-refractivity contribution in [2.24, 2.45) is 5.10 Å². The summed E-state index contributed by atoms with van der Waals surface area (Å²) in [5.74, 6) is -0.801. The molecule has 0 atom stereocenters. The van der Waals surface area contributed by atoms with E-state index >= 15 is 0 Å². The van der Waals surface area contributed by atoms with E-state index < -0.39 is 11.8 Å². The SMILES string of the molecule is COc1cc(C=NNC(=O)C(=O)Nc2ccccc2Cl)cc(Br)c1OCc1ccccc1. The molecule has 0 aliphatic rings. The second kappa shape index (κ2) is 11.3. The molecular weight excluding hydrogens is 498 g/mol. The predicted octanol–water partition coefficient (Wildman–Crippen LogP) is 4.78. The molecule has 0 aromatic heterocycles. The molecule has 0 radical (unpaired) electrons. The lowest BCUT2D eigenvalue weighted by molar-refractivity contribution is -0.136. The first-order chi connectivity index (χ1) is 15.5. The Morgan fingerprint density at radius 3 is 2.50 bits per heavy atom. The topological polar surface area (TPSA) is 89.0 Å². The summed E-state index contributed by atoms with van der Waals surface area (Å²) in [6.07, 6.45) is 1.38. The van der Waals surface area contributed by atoms with Gasteiger partial charge in [-0.15, -0.1) is 0 Å². The highest BCUT2D eigenvalue weighted by Crippen LogP contribution is 2.36. The van der Waals surface area contributed by atoms with Crippen LogP contribution in [0.5, 0.6) is 11.5 Å². The van der Waals surface area contributed by atoms with Gasteiger partial charge < -0.3 is 14.8 Å². The number of para-hydroxylation sites is 1. The first kappa shape index (κ1) is 23.3. The molecule has 0 heterocycles. The predicted molar refractivity (Wildman–Crippen MR) is 127 cm³/mol. The maximum absolute atomic E-state index is 12.0. The third-order valence-corrected chi connectivity index (χ3v) is 5.10. The number of amides is 2. The van der Waals surface area contributed by atoms with Gasteiger partial charge in [-0.3, -0.25) is 9.59 Å². The lowest BCUT2D eigenvalue weighted by Gasteiger charge is -2.13. The van der Waals surface area contributed by atoms with E-state index in [-0.39, 0.29) is 0 Å². The molecule has 0 bridgehead atoms. The van der Waals surface area contributed by atoms with Crippen LogP contribution in [0.1, 0.15) is 11.1 Å². The highest BCUT2D eigenvalue weighted by molar-refractivity contribution is 9.10. The van der Waals surface area contributed by atoms with E-state index in [0.29, 0.717) is 38.9 Å². The van der Waals surface area contributed by atoms with E-state index in [1.165, 1.54) is 13.3 Å². The van der Waals surface area contributed by atoms with Crippen molar-refractivity contribution in [3.8, 4) is 11.5 Å². The molecule has 3 aromatic rings. The van der Waals surface area contributed by atoms with Gasteiger partial charge in [0.2, 0.25) is 0 Å². The van der Waals surface area contributed by atoms with Crippen LogP contribution in [0, 0.1) is 0 Å². The van der Waals surface area contributed by atoms with Crippen molar-refractivity contribution in [1.82, 2.24) is 5.43 Å². The maximum Gasteiger partial charge on any atom is 0.329 e. The van der Waals surface area contributed by atoms with Crippen molar-refractivity contribution in [3.63, 3.8) is 0 Å². The van der Waals surface area contributed by atoms with Crippen LogP contribution in [0.2, 0.25) is 5.02 Å². The summed E-state index contributed by atoms with van der Waals surface area (Å²) in [7, 11) is 1.53. The van der Waals surface area contributed by atoms with Crippen molar-refractivity contribution >= 4 is 51.2 Å². The number of carbonyl (C=O) groups excluding carboxylic acids is 2. The lowest BCUT2D eigenvalue weighted by Crippen LogP contribution is -2.32. The Bertz CT molecular complexity index is 1140. The number of hydrazone groups is 1. The van der Waals surface area contributed by atoms with Crippen LogP contribution < -0.4 is 20.2 Å². The van der Waals surface area contributed by atoms with Gasteiger partial charge in [0.15, 0.2) is 11.5 Å². The summed E-state index contributed by atoms with van der Waals surface area (Å²) < 4.78 is 12.0. The highest BCUT2D eigenvalue weighted by Gasteiger charge is 2.15. The number of nitrogens with one attached hydrogen (secondary N) is 2. The Morgan fingerprint density at radius 1 is 1.06 bits per heavy atom. The largest absolute Gasteiger partial charge is 0.493 e. The first-order valence-electron chi connectivity index (χ1n) is 9.41. The van der Waals surface area contributed by atoms with Gasteiger partial charge in [-0.05, 0) is 51.3 Å². The van der Waals surface area contributed by atoms with Gasteiger partial charge in [0, 0.05) is 0 Å². The fourth-order valence-electron chi connectivity index (χ4n) is 2.64. The van der Waals surface area contributed by atoms with Crippen LogP contribution >= 0.6 is 27.5 Å². The molecule has 0 aliphatic heterocycles. The minimum absolute atomic E-state index is 0.323. The average molecular weight is 517 g/mol. The number of anilines is 1. The standard InChI is InChI=1S/C23H19BrClN3O4/c1-31-20-12-16(11-17(24)21(20)32-14-15-7-3-2-4-8-15)13-26-28-23(30)22(29)27-19-10-6-5-9-18(19)25/h2-13H,14H2,1H3,(H,27,29)(H,28,30). The van der Waals surface area contributed by atoms with Gasteiger partial charge in [0.25, 0.3) is 0 Å². The fraction of sp³-hybridized carbons (Fsp3) is 0.0870. The van der Waals surface area contributed by atoms with E-state index in [2.05, 4.69) is 31.8 Å². The fourth-order valence-corrected chi connectivity index (χ4v) is 3.40. The maximum atomic E-state index is 12.0. The van der Waals surface area contributed by atoms with E-state index in [0.717, 1.165) is 5.56 Å². The smallest absolute Gasteiger partial charge is 0.329 e. The minimum Gasteiger partial charge on any atom is -0.493 e. The van der Waals surface area contributed by atoms with Crippen molar-refractivity contribution in [1.29, 1.82) is 0 Å². The molecule has 0 saturated heterocycles. The van der Waals surface area contributed by atoms with Gasteiger partial charge in [-0.25, -0.2) is 5.43 Å². The van der Waals surface area contributed by atoms with Crippen molar-refractivity contribution in [3.05, 3.63) is 87.4 Å². The number of halogens is 2. The molecule has 32 heavy (non-hydrogen) atoms. The zero-order valence-electron chi connectivity index (χ0n) is 17.0. The molecule has 2 N–H and O–H groups in total. The van der Waals surface area contributed by atoms with Gasteiger partial charge >= 0.3 is 11.8 Å². The Labute approximate surface area is 198 Å². The zero-order valence-corrected chi connectivity index (χ0v) is 19.3. The number of methoxy groups -OCH3 is 1. The van der Waals surface area contributed by atoms with E-state index in [1.807, 2.05) is 30.3 Å². The summed E-state index contributed by atoms with van der Waals surface area (Å²) in [5, 5.41) is 6.57. The molecule has 3 rings (SSSR count). The van der Waals surface area contributed by atoms with Crippen molar-refractivity contribution < 1.29 is 19.1 Å². The highest BCUT2D eigenvalue weighted by atomic mass is 79.9.